The molecule has 1 aromatic heterocycles. The van der Waals surface area contributed by atoms with E-state index in [2.05, 4.69) is 20.5 Å². The van der Waals surface area contributed by atoms with E-state index in [1.807, 2.05) is 12.1 Å². The molecule has 1 saturated heterocycles. The van der Waals surface area contributed by atoms with E-state index in [1.165, 1.54) is 0 Å². The van der Waals surface area contributed by atoms with Crippen LogP contribution in [0.3, 0.4) is 0 Å². The zero-order valence-electron chi connectivity index (χ0n) is 11.7. The van der Waals surface area contributed by atoms with Gasteiger partial charge in [-0.25, -0.2) is 0 Å². The van der Waals surface area contributed by atoms with Crippen LogP contribution in [-0.2, 0) is 16.1 Å². The molecule has 0 atom stereocenters. The molecule has 1 amide bonds. The van der Waals surface area contributed by atoms with Gasteiger partial charge in [0.15, 0.2) is 0 Å². The molecule has 6 nitrogen and oxygen atoms in total. The third-order valence-electron chi connectivity index (χ3n) is 3.23. The highest BCUT2D eigenvalue weighted by molar-refractivity contribution is 5.77. The van der Waals surface area contributed by atoms with Crippen LogP contribution < -0.4 is 10.6 Å². The van der Waals surface area contributed by atoms with E-state index in [1.54, 1.807) is 12.4 Å². The lowest BCUT2D eigenvalue weighted by Gasteiger charge is -2.26. The Hall–Kier alpha value is -1.50. The quantitative estimate of drug-likeness (QED) is 0.666. The van der Waals surface area contributed by atoms with Gasteiger partial charge in [0.2, 0.25) is 5.91 Å². The van der Waals surface area contributed by atoms with Gasteiger partial charge < -0.3 is 15.4 Å². The van der Waals surface area contributed by atoms with Crippen molar-refractivity contribution in [3.8, 4) is 0 Å². The molecule has 2 heterocycles. The summed E-state index contributed by atoms with van der Waals surface area (Å²) in [6, 6.07) is 3.79. The fraction of sp³-hybridized carbons (Fsp3) is 0.571. The molecule has 1 aliphatic heterocycles. The molecule has 6 heteroatoms. The Morgan fingerprint density at radius 2 is 2.05 bits per heavy atom. The van der Waals surface area contributed by atoms with E-state index in [9.17, 15) is 4.79 Å². The number of aromatic nitrogens is 1. The first-order valence-corrected chi connectivity index (χ1v) is 7.01. The van der Waals surface area contributed by atoms with E-state index in [0.717, 1.165) is 45.0 Å². The Morgan fingerprint density at radius 3 is 2.80 bits per heavy atom. The molecule has 0 aliphatic carbocycles. The highest BCUT2D eigenvalue weighted by Crippen LogP contribution is 1.95. The minimum absolute atomic E-state index is 0.0174. The fourth-order valence-corrected chi connectivity index (χ4v) is 2.03. The van der Waals surface area contributed by atoms with Crippen LogP contribution in [0.2, 0.25) is 0 Å². The number of carbonyl (C=O) groups excluding carboxylic acids is 1. The summed E-state index contributed by atoms with van der Waals surface area (Å²) in [5, 5.41) is 6.04. The molecule has 1 aliphatic rings. The average Bonchev–Trinajstić information content (AvgIpc) is 2.52. The number of rotatable bonds is 7. The summed E-state index contributed by atoms with van der Waals surface area (Å²) in [6.07, 6.45) is 3.45. The van der Waals surface area contributed by atoms with Gasteiger partial charge in [0, 0.05) is 45.1 Å². The second-order valence-electron chi connectivity index (χ2n) is 4.76. The minimum atomic E-state index is 0.0174. The molecule has 2 rings (SSSR count). The summed E-state index contributed by atoms with van der Waals surface area (Å²) in [5.74, 6) is 0.0174. The van der Waals surface area contributed by atoms with Gasteiger partial charge in [-0.05, 0) is 17.7 Å². The molecule has 0 bridgehead atoms. The van der Waals surface area contributed by atoms with Crippen molar-refractivity contribution in [2.75, 3.05) is 45.9 Å². The third-order valence-corrected chi connectivity index (χ3v) is 3.23. The summed E-state index contributed by atoms with van der Waals surface area (Å²) in [4.78, 5) is 17.9. The first-order valence-electron chi connectivity index (χ1n) is 7.01. The molecule has 0 saturated carbocycles. The number of hydrogen-bond acceptors (Lipinski definition) is 5. The summed E-state index contributed by atoms with van der Waals surface area (Å²) in [5.41, 5.74) is 1.06. The van der Waals surface area contributed by atoms with E-state index < -0.39 is 0 Å². The highest BCUT2D eigenvalue weighted by Gasteiger charge is 2.09. The van der Waals surface area contributed by atoms with Crippen LogP contribution in [0, 0.1) is 0 Å². The van der Waals surface area contributed by atoms with Crippen molar-refractivity contribution in [1.82, 2.24) is 20.5 Å². The van der Waals surface area contributed by atoms with Crippen molar-refractivity contribution < 1.29 is 9.53 Å². The minimum Gasteiger partial charge on any atom is -0.379 e. The number of hydrogen-bond donors (Lipinski definition) is 2. The Morgan fingerprint density at radius 1 is 1.30 bits per heavy atom. The molecule has 110 valence electrons. The van der Waals surface area contributed by atoms with Gasteiger partial charge in [-0.15, -0.1) is 0 Å². The monoisotopic (exact) mass is 278 g/mol. The van der Waals surface area contributed by atoms with Gasteiger partial charge in [0.1, 0.15) is 0 Å². The molecule has 0 radical (unpaired) electrons. The number of ether oxygens (including phenoxy) is 1. The molecule has 0 aromatic carbocycles. The topological polar surface area (TPSA) is 66.5 Å². The van der Waals surface area contributed by atoms with Gasteiger partial charge in [0.25, 0.3) is 0 Å². The lowest BCUT2D eigenvalue weighted by Crippen LogP contribution is -2.42. The second kappa shape index (κ2) is 8.63. The van der Waals surface area contributed by atoms with Crippen molar-refractivity contribution in [3.63, 3.8) is 0 Å². The number of carbonyl (C=O) groups is 1. The molecule has 2 N–H and O–H groups in total. The van der Waals surface area contributed by atoms with Gasteiger partial charge in [0.05, 0.1) is 19.8 Å². The molecule has 20 heavy (non-hydrogen) atoms. The van der Waals surface area contributed by atoms with Crippen molar-refractivity contribution in [2.24, 2.45) is 0 Å². The number of morpholine rings is 1. The smallest absolute Gasteiger partial charge is 0.234 e. The van der Waals surface area contributed by atoms with Crippen LogP contribution >= 0.6 is 0 Å². The molecule has 1 fully saturated rings. The van der Waals surface area contributed by atoms with Gasteiger partial charge in [-0.2, -0.15) is 0 Å². The van der Waals surface area contributed by atoms with Crippen LogP contribution in [0.25, 0.3) is 0 Å². The normalized spacial score (nSPS) is 16.0. The van der Waals surface area contributed by atoms with Crippen molar-refractivity contribution in [2.45, 2.75) is 6.54 Å². The standard InChI is InChI=1S/C14H22N4O2/c19-14(17-11-13-1-3-15-4-2-13)12-16-5-6-18-7-9-20-10-8-18/h1-4,16H,5-12H2,(H,17,19). The zero-order valence-corrected chi connectivity index (χ0v) is 11.7. The Balaban J connectivity index is 1.51. The lowest BCUT2D eigenvalue weighted by atomic mass is 10.3. The summed E-state index contributed by atoms with van der Waals surface area (Å²) in [7, 11) is 0. The van der Waals surface area contributed by atoms with Crippen LogP contribution in [0.4, 0.5) is 0 Å². The summed E-state index contributed by atoms with van der Waals surface area (Å²) in [6.45, 7) is 6.27. The van der Waals surface area contributed by atoms with Crippen molar-refractivity contribution >= 4 is 5.91 Å². The molecular formula is C14H22N4O2. The highest BCUT2D eigenvalue weighted by atomic mass is 16.5. The first kappa shape index (κ1) is 14.9. The zero-order chi connectivity index (χ0) is 14.0. The summed E-state index contributed by atoms with van der Waals surface area (Å²) >= 11 is 0. The third kappa shape index (κ3) is 5.64. The fourth-order valence-electron chi connectivity index (χ4n) is 2.03. The number of nitrogens with zero attached hydrogens (tertiary/aromatic N) is 2. The Labute approximate surface area is 119 Å². The maximum atomic E-state index is 11.6. The maximum Gasteiger partial charge on any atom is 0.234 e. The maximum absolute atomic E-state index is 11.6. The van der Waals surface area contributed by atoms with Crippen LogP contribution in [0.5, 0.6) is 0 Å². The van der Waals surface area contributed by atoms with Crippen LogP contribution in [-0.4, -0.2) is 61.7 Å². The van der Waals surface area contributed by atoms with Crippen LogP contribution in [0.1, 0.15) is 5.56 Å². The largest absolute Gasteiger partial charge is 0.379 e. The van der Waals surface area contributed by atoms with E-state index in [-0.39, 0.29) is 5.91 Å². The number of nitrogens with one attached hydrogen (secondary N) is 2. The van der Waals surface area contributed by atoms with E-state index in [4.69, 9.17) is 4.74 Å². The van der Waals surface area contributed by atoms with E-state index >= 15 is 0 Å². The number of amides is 1. The molecular weight excluding hydrogens is 256 g/mol. The Bertz CT molecular complexity index is 393. The predicted molar refractivity (Wildman–Crippen MR) is 76.2 cm³/mol. The summed E-state index contributed by atoms with van der Waals surface area (Å²) < 4.78 is 5.29. The number of pyridine rings is 1. The van der Waals surface area contributed by atoms with Crippen molar-refractivity contribution in [3.05, 3.63) is 30.1 Å². The molecule has 0 unspecified atom stereocenters. The van der Waals surface area contributed by atoms with Gasteiger partial charge in [-0.1, -0.05) is 0 Å². The van der Waals surface area contributed by atoms with Crippen molar-refractivity contribution in [1.29, 1.82) is 0 Å². The molecule has 0 spiro atoms. The average molecular weight is 278 g/mol. The second-order valence-corrected chi connectivity index (χ2v) is 4.76. The SMILES string of the molecule is O=C(CNCCN1CCOCC1)NCc1ccncc1. The predicted octanol–water partition coefficient (Wildman–Crippen LogP) is -0.380. The van der Waals surface area contributed by atoms with Gasteiger partial charge >= 0.3 is 0 Å². The van der Waals surface area contributed by atoms with Crippen LogP contribution in [0.15, 0.2) is 24.5 Å². The molecule has 1 aromatic rings. The van der Waals surface area contributed by atoms with Gasteiger partial charge in [-0.3, -0.25) is 14.7 Å². The van der Waals surface area contributed by atoms with E-state index in [0.29, 0.717) is 13.1 Å². The first-order chi connectivity index (χ1) is 9.84. The Kier molecular flexibility index (Phi) is 6.43. The lowest BCUT2D eigenvalue weighted by molar-refractivity contribution is -0.120.